The van der Waals surface area contributed by atoms with E-state index in [-0.39, 0.29) is 5.91 Å². The van der Waals surface area contributed by atoms with Crippen LogP contribution in [0.15, 0.2) is 65.2 Å². The van der Waals surface area contributed by atoms with Crippen molar-refractivity contribution >= 4 is 38.9 Å². The summed E-state index contributed by atoms with van der Waals surface area (Å²) in [5, 5.41) is 5.68. The summed E-state index contributed by atoms with van der Waals surface area (Å²) in [5.41, 5.74) is 5.87. The molecule has 0 spiro atoms. The zero-order valence-corrected chi connectivity index (χ0v) is 24.9. The Morgan fingerprint density at radius 1 is 1.02 bits per heavy atom. The monoisotopic (exact) mass is 596 g/mol. The van der Waals surface area contributed by atoms with Gasteiger partial charge in [0.05, 0.1) is 32.9 Å². The van der Waals surface area contributed by atoms with Crippen molar-refractivity contribution in [2.24, 2.45) is 0 Å². The van der Waals surface area contributed by atoms with Gasteiger partial charge in [-0.25, -0.2) is 9.50 Å². The maximum Gasteiger partial charge on any atom is 0.294 e. The highest BCUT2D eigenvalue weighted by molar-refractivity contribution is 7.18. The minimum absolute atomic E-state index is 0.0490. The number of carbonyl (C=O) groups is 1. The van der Waals surface area contributed by atoms with Gasteiger partial charge in [0, 0.05) is 29.9 Å². The number of imidazole rings is 1. The summed E-state index contributed by atoms with van der Waals surface area (Å²) in [7, 11) is 4.79. The van der Waals surface area contributed by atoms with Gasteiger partial charge in [-0.1, -0.05) is 12.1 Å². The number of aryl methyl sites for hydroxylation is 1. The van der Waals surface area contributed by atoms with Gasteiger partial charge in [0.1, 0.15) is 35.1 Å². The summed E-state index contributed by atoms with van der Waals surface area (Å²) in [6.07, 6.45) is 2.54. The van der Waals surface area contributed by atoms with Gasteiger partial charge in [0.15, 0.2) is 5.76 Å². The maximum atomic E-state index is 13.5. The normalized spacial score (nSPS) is 12.6. The Bertz CT molecular complexity index is 1980. The van der Waals surface area contributed by atoms with Gasteiger partial charge in [0.2, 0.25) is 4.96 Å². The summed E-state index contributed by atoms with van der Waals surface area (Å²) in [6, 6.07) is 17.2. The molecule has 3 aromatic carbocycles. The van der Waals surface area contributed by atoms with Crippen molar-refractivity contribution in [3.63, 3.8) is 0 Å². The molecule has 7 rings (SSSR count). The zero-order valence-electron chi connectivity index (χ0n) is 24.0. The lowest BCUT2D eigenvalue weighted by molar-refractivity contribution is 0.0989. The molecule has 11 heteroatoms. The van der Waals surface area contributed by atoms with Crippen LogP contribution in [0.5, 0.6) is 22.4 Å². The van der Waals surface area contributed by atoms with E-state index in [1.54, 1.807) is 38.1 Å². The minimum atomic E-state index is -0.0490. The number of aromatic nitrogens is 3. The van der Waals surface area contributed by atoms with Crippen molar-refractivity contribution in [3.05, 3.63) is 83.0 Å². The Labute approximate surface area is 251 Å². The second-order valence-corrected chi connectivity index (χ2v) is 11.1. The van der Waals surface area contributed by atoms with Crippen LogP contribution in [0.1, 0.15) is 27.0 Å². The Morgan fingerprint density at radius 3 is 2.65 bits per heavy atom. The van der Waals surface area contributed by atoms with Crippen molar-refractivity contribution in [3.8, 4) is 33.9 Å². The number of carbonyl (C=O) groups excluding carboxylic acids is 1. The van der Waals surface area contributed by atoms with E-state index >= 15 is 0 Å². The second-order valence-electron chi connectivity index (χ2n) is 10.2. The van der Waals surface area contributed by atoms with E-state index in [0.29, 0.717) is 63.2 Å². The predicted octanol–water partition coefficient (Wildman–Crippen LogP) is 6.32. The fourth-order valence-corrected chi connectivity index (χ4v) is 6.18. The number of hydrogen-bond donors (Lipinski definition) is 0. The van der Waals surface area contributed by atoms with Crippen LogP contribution < -0.4 is 23.8 Å². The van der Waals surface area contributed by atoms with Crippen molar-refractivity contribution in [1.82, 2.24) is 14.6 Å². The first-order valence-corrected chi connectivity index (χ1v) is 14.5. The van der Waals surface area contributed by atoms with Crippen molar-refractivity contribution in [1.29, 1.82) is 0 Å². The number of benzene rings is 3. The first kappa shape index (κ1) is 26.8. The van der Waals surface area contributed by atoms with Gasteiger partial charge < -0.3 is 28.3 Å². The molecule has 0 aliphatic carbocycles. The molecule has 1 amide bonds. The fourth-order valence-electron chi connectivity index (χ4n) is 5.48. The highest BCUT2D eigenvalue weighted by Crippen LogP contribution is 2.39. The molecule has 0 saturated carbocycles. The lowest BCUT2D eigenvalue weighted by atomic mass is 10.1. The summed E-state index contributed by atoms with van der Waals surface area (Å²) in [5.74, 6) is 2.45. The van der Waals surface area contributed by atoms with Gasteiger partial charge in [-0.05, 0) is 71.7 Å². The first-order valence-electron chi connectivity index (χ1n) is 13.7. The van der Waals surface area contributed by atoms with Crippen LogP contribution in [0.4, 0.5) is 5.69 Å². The third-order valence-electron chi connectivity index (χ3n) is 7.55. The topological polar surface area (TPSA) is 101 Å². The first-order chi connectivity index (χ1) is 20.9. The van der Waals surface area contributed by atoms with Gasteiger partial charge >= 0.3 is 0 Å². The molecule has 0 fully saturated rings. The fraction of sp³-hybridized carbons (Fsp3) is 0.219. The van der Waals surface area contributed by atoms with E-state index in [2.05, 4.69) is 10.1 Å². The summed E-state index contributed by atoms with van der Waals surface area (Å²) in [4.78, 5) is 20.7. The van der Waals surface area contributed by atoms with E-state index in [9.17, 15) is 4.79 Å². The number of hydrogen-bond acceptors (Lipinski definition) is 9. The number of fused-ring (bicyclic) bond motifs is 3. The number of furan rings is 1. The molecular weight excluding hydrogens is 568 g/mol. The zero-order chi connectivity index (χ0) is 29.7. The largest absolute Gasteiger partial charge is 0.497 e. The number of methoxy groups -OCH3 is 3. The molecule has 0 radical (unpaired) electrons. The van der Waals surface area contributed by atoms with Crippen LogP contribution >= 0.6 is 11.3 Å². The molecular formula is C32H28N4O6S. The SMILES string of the molecule is COc1cc(C)cc(C(=O)N2CCc3c(COc4cc(OC)cc5oc(-c6cn7nc(OC)sc7n6)cc45)cccc32)c1. The number of amides is 1. The number of rotatable bonds is 8. The average molecular weight is 597 g/mol. The van der Waals surface area contributed by atoms with Gasteiger partial charge in [-0.3, -0.25) is 4.79 Å². The molecule has 1 aliphatic heterocycles. The Balaban J connectivity index is 1.16. The van der Waals surface area contributed by atoms with Crippen LogP contribution in [0.2, 0.25) is 0 Å². The second kappa shape index (κ2) is 10.7. The average Bonchev–Trinajstić information content (AvgIpc) is 3.80. The van der Waals surface area contributed by atoms with Gasteiger partial charge in [0.25, 0.3) is 11.1 Å². The van der Waals surface area contributed by atoms with Crippen LogP contribution in [0.3, 0.4) is 0 Å². The van der Waals surface area contributed by atoms with Crippen LogP contribution in [-0.4, -0.2) is 48.4 Å². The van der Waals surface area contributed by atoms with E-state index < -0.39 is 0 Å². The van der Waals surface area contributed by atoms with E-state index in [1.165, 1.54) is 11.3 Å². The van der Waals surface area contributed by atoms with Crippen molar-refractivity contribution in [2.45, 2.75) is 20.0 Å². The quantitative estimate of drug-likeness (QED) is 0.201. The molecule has 218 valence electrons. The smallest absolute Gasteiger partial charge is 0.294 e. The third kappa shape index (κ3) is 4.81. The predicted molar refractivity (Wildman–Crippen MR) is 163 cm³/mol. The Kier molecular flexibility index (Phi) is 6.66. The number of ether oxygens (including phenoxy) is 4. The minimum Gasteiger partial charge on any atom is -0.497 e. The van der Waals surface area contributed by atoms with Gasteiger partial charge in [-0.2, -0.15) is 0 Å². The van der Waals surface area contributed by atoms with E-state index in [4.69, 9.17) is 23.4 Å². The third-order valence-corrected chi connectivity index (χ3v) is 8.43. The van der Waals surface area contributed by atoms with Crippen molar-refractivity contribution < 1.29 is 28.2 Å². The summed E-state index contributed by atoms with van der Waals surface area (Å²) < 4.78 is 30.4. The Morgan fingerprint density at radius 2 is 1.86 bits per heavy atom. The highest BCUT2D eigenvalue weighted by atomic mass is 32.1. The van der Waals surface area contributed by atoms with Crippen LogP contribution in [0.25, 0.3) is 27.4 Å². The molecule has 0 atom stereocenters. The van der Waals surface area contributed by atoms with E-state index in [0.717, 1.165) is 34.2 Å². The standard InChI is InChI=1S/C32H28N4O6S/c1-18-10-20(12-21(11-18)38-2)30(37)35-9-8-23-19(6-5-7-26(23)35)17-41-27-13-22(39-3)14-28-24(27)15-29(42-28)25-16-36-31(33-25)43-32(34-36)40-4/h5-7,10-16H,8-9,17H2,1-4H3. The maximum absolute atomic E-state index is 13.5. The molecule has 10 nitrogen and oxygen atoms in total. The summed E-state index contributed by atoms with van der Waals surface area (Å²) >= 11 is 1.35. The highest BCUT2D eigenvalue weighted by Gasteiger charge is 2.28. The molecule has 6 aromatic rings. The van der Waals surface area contributed by atoms with Crippen LogP contribution in [0, 0.1) is 6.92 Å². The lowest BCUT2D eigenvalue weighted by Crippen LogP contribution is -2.28. The molecule has 4 heterocycles. The lowest BCUT2D eigenvalue weighted by Gasteiger charge is -2.19. The molecule has 1 aliphatic rings. The van der Waals surface area contributed by atoms with Gasteiger partial charge in [-0.15, -0.1) is 5.10 Å². The number of anilines is 1. The Hall–Kier alpha value is -5.03. The molecule has 0 saturated heterocycles. The number of nitrogens with zero attached hydrogens (tertiary/aromatic N) is 4. The van der Waals surface area contributed by atoms with E-state index in [1.807, 2.05) is 60.4 Å². The molecule has 3 aromatic heterocycles. The molecule has 0 N–H and O–H groups in total. The molecule has 43 heavy (non-hydrogen) atoms. The van der Waals surface area contributed by atoms with Crippen molar-refractivity contribution in [2.75, 3.05) is 32.8 Å². The summed E-state index contributed by atoms with van der Waals surface area (Å²) in [6.45, 7) is 2.87. The van der Waals surface area contributed by atoms with Crippen LogP contribution in [-0.2, 0) is 13.0 Å². The molecule has 0 unspecified atom stereocenters. The molecule has 0 bridgehead atoms.